The van der Waals surface area contributed by atoms with Gasteiger partial charge < -0.3 is 15.2 Å². The second-order valence-corrected chi connectivity index (χ2v) is 6.07. The highest BCUT2D eigenvalue weighted by Gasteiger charge is 2.62. The normalized spacial score (nSPS) is 36.8. The molecule has 0 heterocycles. The maximum Gasteiger partial charge on any atom is 0.407 e. The van der Waals surface area contributed by atoms with E-state index in [9.17, 15) is 9.90 Å². The van der Waals surface area contributed by atoms with Crippen LogP contribution in [0.2, 0.25) is 0 Å². The molecule has 2 saturated carbocycles. The van der Waals surface area contributed by atoms with Gasteiger partial charge in [0.15, 0.2) is 0 Å². The van der Waals surface area contributed by atoms with Crippen LogP contribution >= 0.6 is 0 Å². The molecular formula is C12H21NO3. The maximum atomic E-state index is 11.6. The van der Waals surface area contributed by atoms with Crippen molar-refractivity contribution in [1.29, 1.82) is 0 Å². The summed E-state index contributed by atoms with van der Waals surface area (Å²) in [5.74, 6) is 0.609. The molecule has 3 atom stereocenters. The Morgan fingerprint density at radius 1 is 1.50 bits per heavy atom. The summed E-state index contributed by atoms with van der Waals surface area (Å²) in [5.41, 5.74) is -0.491. The summed E-state index contributed by atoms with van der Waals surface area (Å²) in [7, 11) is 0. The Morgan fingerprint density at radius 3 is 2.69 bits per heavy atom. The van der Waals surface area contributed by atoms with Crippen LogP contribution in [0, 0.1) is 11.3 Å². The summed E-state index contributed by atoms with van der Waals surface area (Å²) in [4.78, 5) is 11.6. The van der Waals surface area contributed by atoms with Crippen molar-refractivity contribution in [1.82, 2.24) is 5.32 Å². The predicted molar refractivity (Wildman–Crippen MR) is 60.0 cm³/mol. The number of amides is 1. The number of aliphatic hydroxyl groups excluding tert-OH is 1. The zero-order valence-corrected chi connectivity index (χ0v) is 10.2. The van der Waals surface area contributed by atoms with Crippen LogP contribution in [-0.2, 0) is 4.74 Å². The molecule has 4 heteroatoms. The number of fused-ring (bicyclic) bond motifs is 1. The standard InChI is InChI=1S/C12H21NO3/c1-11(2,3)16-10(15)13-9-5-4-8-6-12(8,9)7-14/h8-9,14H,4-7H2,1-3H3,(H,13,15). The fourth-order valence-corrected chi connectivity index (χ4v) is 2.84. The Bertz CT molecular complexity index is 293. The van der Waals surface area contributed by atoms with E-state index in [1.807, 2.05) is 20.8 Å². The Morgan fingerprint density at radius 2 is 2.19 bits per heavy atom. The number of carbonyl (C=O) groups excluding carboxylic acids is 1. The van der Waals surface area contributed by atoms with Gasteiger partial charge in [-0.3, -0.25) is 0 Å². The summed E-state index contributed by atoms with van der Waals surface area (Å²) in [6.07, 6.45) is 2.76. The summed E-state index contributed by atoms with van der Waals surface area (Å²) >= 11 is 0. The molecule has 4 nitrogen and oxygen atoms in total. The van der Waals surface area contributed by atoms with E-state index in [0.717, 1.165) is 19.3 Å². The van der Waals surface area contributed by atoms with Crippen molar-refractivity contribution in [2.24, 2.45) is 11.3 Å². The molecule has 1 amide bonds. The number of aliphatic hydroxyl groups is 1. The first-order valence-corrected chi connectivity index (χ1v) is 5.98. The molecule has 0 aromatic carbocycles. The van der Waals surface area contributed by atoms with Gasteiger partial charge in [0.25, 0.3) is 0 Å². The Hall–Kier alpha value is -0.770. The lowest BCUT2D eigenvalue weighted by molar-refractivity contribution is 0.0466. The predicted octanol–water partition coefficient (Wildman–Crippen LogP) is 1.67. The molecule has 0 radical (unpaired) electrons. The molecular weight excluding hydrogens is 206 g/mol. The average molecular weight is 227 g/mol. The number of alkyl carbamates (subject to hydrolysis) is 1. The molecule has 2 N–H and O–H groups in total. The van der Waals surface area contributed by atoms with Crippen LogP contribution in [0.5, 0.6) is 0 Å². The van der Waals surface area contributed by atoms with Crippen molar-refractivity contribution < 1.29 is 14.6 Å². The van der Waals surface area contributed by atoms with Crippen LogP contribution < -0.4 is 5.32 Å². The summed E-state index contributed by atoms with van der Waals surface area (Å²) in [5, 5.41) is 12.3. The van der Waals surface area contributed by atoms with E-state index in [1.54, 1.807) is 0 Å². The van der Waals surface area contributed by atoms with Crippen molar-refractivity contribution in [2.75, 3.05) is 6.61 Å². The van der Waals surface area contributed by atoms with E-state index in [-0.39, 0.29) is 24.2 Å². The van der Waals surface area contributed by atoms with Crippen molar-refractivity contribution in [2.45, 2.75) is 51.7 Å². The molecule has 2 fully saturated rings. The van der Waals surface area contributed by atoms with Crippen molar-refractivity contribution in [3.8, 4) is 0 Å². The van der Waals surface area contributed by atoms with Crippen molar-refractivity contribution >= 4 is 6.09 Å². The van der Waals surface area contributed by atoms with E-state index in [4.69, 9.17) is 4.74 Å². The Labute approximate surface area is 96.4 Å². The molecule has 0 aliphatic heterocycles. The lowest BCUT2D eigenvalue weighted by atomic mass is 9.99. The quantitative estimate of drug-likeness (QED) is 0.754. The van der Waals surface area contributed by atoms with Gasteiger partial charge in [-0.2, -0.15) is 0 Å². The fraction of sp³-hybridized carbons (Fsp3) is 0.917. The summed E-state index contributed by atoms with van der Waals surface area (Å²) < 4.78 is 5.22. The maximum absolute atomic E-state index is 11.6. The number of rotatable bonds is 2. The highest BCUT2D eigenvalue weighted by atomic mass is 16.6. The van der Waals surface area contributed by atoms with Crippen LogP contribution in [0.1, 0.15) is 40.0 Å². The van der Waals surface area contributed by atoms with Gasteiger partial charge in [0.05, 0.1) is 6.61 Å². The number of hydrogen-bond donors (Lipinski definition) is 2. The zero-order chi connectivity index (χ0) is 12.0. The van der Waals surface area contributed by atoms with E-state index < -0.39 is 5.60 Å². The third-order valence-electron chi connectivity index (χ3n) is 3.76. The smallest absolute Gasteiger partial charge is 0.407 e. The first-order valence-electron chi connectivity index (χ1n) is 5.98. The number of hydrogen-bond acceptors (Lipinski definition) is 3. The van der Waals surface area contributed by atoms with Crippen LogP contribution in [0.4, 0.5) is 4.79 Å². The number of nitrogens with one attached hydrogen (secondary N) is 1. The van der Waals surface area contributed by atoms with Gasteiger partial charge in [-0.25, -0.2) is 4.79 Å². The van der Waals surface area contributed by atoms with E-state index in [0.29, 0.717) is 5.92 Å². The van der Waals surface area contributed by atoms with E-state index >= 15 is 0 Å². The van der Waals surface area contributed by atoms with Crippen LogP contribution in [0.15, 0.2) is 0 Å². The van der Waals surface area contributed by atoms with E-state index in [2.05, 4.69) is 5.32 Å². The molecule has 2 aliphatic rings. The zero-order valence-electron chi connectivity index (χ0n) is 10.2. The first-order chi connectivity index (χ1) is 7.37. The third kappa shape index (κ3) is 2.03. The Kier molecular flexibility index (Phi) is 2.65. The molecule has 0 aromatic rings. The summed E-state index contributed by atoms with van der Waals surface area (Å²) in [6.45, 7) is 5.73. The SMILES string of the molecule is CC(C)(C)OC(=O)NC1CCC2CC21CO. The van der Waals surface area contributed by atoms with Gasteiger partial charge in [-0.05, 0) is 46.0 Å². The van der Waals surface area contributed by atoms with Gasteiger partial charge in [0.2, 0.25) is 0 Å². The highest BCUT2D eigenvalue weighted by Crippen LogP contribution is 2.63. The first kappa shape index (κ1) is 11.7. The monoisotopic (exact) mass is 227 g/mol. The molecule has 0 bridgehead atoms. The number of carbonyl (C=O) groups is 1. The third-order valence-corrected chi connectivity index (χ3v) is 3.76. The average Bonchev–Trinajstić information content (AvgIpc) is 2.76. The minimum atomic E-state index is -0.460. The molecule has 0 saturated heterocycles. The van der Waals surface area contributed by atoms with Gasteiger partial charge in [0.1, 0.15) is 5.60 Å². The minimum Gasteiger partial charge on any atom is -0.444 e. The highest BCUT2D eigenvalue weighted by molar-refractivity contribution is 5.68. The van der Waals surface area contributed by atoms with Gasteiger partial charge in [-0.15, -0.1) is 0 Å². The van der Waals surface area contributed by atoms with Crippen LogP contribution in [-0.4, -0.2) is 29.4 Å². The van der Waals surface area contributed by atoms with E-state index in [1.165, 1.54) is 0 Å². The molecule has 16 heavy (non-hydrogen) atoms. The van der Waals surface area contributed by atoms with Crippen molar-refractivity contribution in [3.05, 3.63) is 0 Å². The molecule has 92 valence electrons. The second kappa shape index (κ2) is 3.62. The molecule has 3 unspecified atom stereocenters. The largest absolute Gasteiger partial charge is 0.444 e. The molecule has 2 rings (SSSR count). The topological polar surface area (TPSA) is 58.6 Å². The van der Waals surface area contributed by atoms with Crippen molar-refractivity contribution in [3.63, 3.8) is 0 Å². The lowest BCUT2D eigenvalue weighted by Gasteiger charge is -2.25. The summed E-state index contributed by atoms with van der Waals surface area (Å²) in [6, 6.07) is 0.0948. The molecule has 0 aromatic heterocycles. The number of ether oxygens (including phenoxy) is 1. The van der Waals surface area contributed by atoms with Crippen LogP contribution in [0.25, 0.3) is 0 Å². The Balaban J connectivity index is 1.88. The minimum absolute atomic E-state index is 0.0308. The second-order valence-electron chi connectivity index (χ2n) is 6.07. The van der Waals surface area contributed by atoms with Gasteiger partial charge in [-0.1, -0.05) is 0 Å². The molecule has 2 aliphatic carbocycles. The van der Waals surface area contributed by atoms with Gasteiger partial charge >= 0.3 is 6.09 Å². The van der Waals surface area contributed by atoms with Crippen LogP contribution in [0.3, 0.4) is 0 Å². The van der Waals surface area contributed by atoms with Gasteiger partial charge in [0, 0.05) is 11.5 Å². The lowest BCUT2D eigenvalue weighted by Crippen LogP contribution is -2.43. The fourth-order valence-electron chi connectivity index (χ4n) is 2.84. The molecule has 0 spiro atoms.